The van der Waals surface area contributed by atoms with Crippen LogP contribution in [0, 0.1) is 13.8 Å². The lowest BCUT2D eigenvalue weighted by Crippen LogP contribution is -2.19. The molecule has 5 nitrogen and oxygen atoms in total. The van der Waals surface area contributed by atoms with Crippen molar-refractivity contribution in [3.63, 3.8) is 0 Å². The summed E-state index contributed by atoms with van der Waals surface area (Å²) >= 11 is 1.29. The van der Waals surface area contributed by atoms with Gasteiger partial charge in [-0.2, -0.15) is 0 Å². The molecule has 26 heavy (non-hydrogen) atoms. The summed E-state index contributed by atoms with van der Waals surface area (Å²) in [6.45, 7) is 4.08. The molecule has 0 atom stereocenters. The molecule has 0 bridgehead atoms. The first-order chi connectivity index (χ1) is 12.5. The maximum Gasteiger partial charge on any atom is 0.337 e. The first kappa shape index (κ1) is 17.9. The van der Waals surface area contributed by atoms with Crippen molar-refractivity contribution in [2.75, 3.05) is 7.11 Å². The SMILES string of the molecule is COC(=O)c1ccc(C=C2SC(=Nc3ccc(C)c(C)c3)NC2=O)cc1. The Bertz CT molecular complexity index is 931. The summed E-state index contributed by atoms with van der Waals surface area (Å²) in [5, 5.41) is 3.33. The molecule has 0 aliphatic carbocycles. The number of esters is 1. The lowest BCUT2D eigenvalue weighted by atomic mass is 10.1. The number of aryl methyl sites for hydroxylation is 2. The number of rotatable bonds is 3. The van der Waals surface area contributed by atoms with Crippen LogP contribution in [0.2, 0.25) is 0 Å². The Morgan fingerprint density at radius 1 is 1.12 bits per heavy atom. The molecule has 0 unspecified atom stereocenters. The van der Waals surface area contributed by atoms with E-state index in [-0.39, 0.29) is 11.9 Å². The van der Waals surface area contributed by atoms with Gasteiger partial charge < -0.3 is 10.1 Å². The van der Waals surface area contributed by atoms with E-state index in [1.807, 2.05) is 32.0 Å². The van der Waals surface area contributed by atoms with Gasteiger partial charge in [-0.3, -0.25) is 4.79 Å². The molecule has 1 heterocycles. The highest BCUT2D eigenvalue weighted by Gasteiger charge is 2.23. The lowest BCUT2D eigenvalue weighted by Gasteiger charge is -2.01. The molecule has 2 aromatic rings. The van der Waals surface area contributed by atoms with Gasteiger partial charge in [0.1, 0.15) is 0 Å². The van der Waals surface area contributed by atoms with Crippen LogP contribution < -0.4 is 5.32 Å². The number of amides is 1. The van der Waals surface area contributed by atoms with E-state index in [1.54, 1.807) is 30.3 Å². The minimum atomic E-state index is -0.389. The van der Waals surface area contributed by atoms with E-state index in [4.69, 9.17) is 0 Å². The van der Waals surface area contributed by atoms with Gasteiger partial charge in [0, 0.05) is 0 Å². The molecule has 0 radical (unpaired) electrons. The van der Waals surface area contributed by atoms with Gasteiger partial charge in [-0.25, -0.2) is 9.79 Å². The highest BCUT2D eigenvalue weighted by Crippen LogP contribution is 2.28. The third-order valence-electron chi connectivity index (χ3n) is 4.00. The number of hydrogen-bond acceptors (Lipinski definition) is 5. The normalized spacial score (nSPS) is 16.8. The summed E-state index contributed by atoms with van der Waals surface area (Å²) < 4.78 is 4.67. The van der Waals surface area contributed by atoms with Crippen molar-refractivity contribution in [1.82, 2.24) is 5.32 Å². The quantitative estimate of drug-likeness (QED) is 0.659. The smallest absolute Gasteiger partial charge is 0.337 e. The van der Waals surface area contributed by atoms with Gasteiger partial charge in [0.05, 0.1) is 23.3 Å². The fourth-order valence-electron chi connectivity index (χ4n) is 2.38. The molecule has 1 N–H and O–H groups in total. The second kappa shape index (κ2) is 7.58. The molecule has 2 aromatic carbocycles. The van der Waals surface area contributed by atoms with Crippen molar-refractivity contribution >= 4 is 40.6 Å². The number of thioether (sulfide) groups is 1. The van der Waals surface area contributed by atoms with Gasteiger partial charge in [-0.1, -0.05) is 18.2 Å². The topological polar surface area (TPSA) is 67.8 Å². The van der Waals surface area contributed by atoms with E-state index in [0.717, 1.165) is 16.8 Å². The van der Waals surface area contributed by atoms with E-state index in [0.29, 0.717) is 15.6 Å². The van der Waals surface area contributed by atoms with Gasteiger partial charge in [0.15, 0.2) is 5.17 Å². The molecule has 1 saturated heterocycles. The number of hydrogen-bond donors (Lipinski definition) is 1. The van der Waals surface area contributed by atoms with Crippen molar-refractivity contribution in [1.29, 1.82) is 0 Å². The maximum atomic E-state index is 12.2. The number of nitrogens with one attached hydrogen (secondary N) is 1. The predicted molar refractivity (Wildman–Crippen MR) is 105 cm³/mol. The van der Waals surface area contributed by atoms with Gasteiger partial charge in [-0.15, -0.1) is 0 Å². The van der Waals surface area contributed by atoms with E-state index >= 15 is 0 Å². The van der Waals surface area contributed by atoms with Gasteiger partial charge in [0.25, 0.3) is 5.91 Å². The Balaban J connectivity index is 1.78. The number of benzene rings is 2. The second-order valence-corrected chi connectivity index (χ2v) is 6.89. The zero-order valence-electron chi connectivity index (χ0n) is 14.7. The highest BCUT2D eigenvalue weighted by molar-refractivity contribution is 8.18. The number of aliphatic imine (C=N–C) groups is 1. The van der Waals surface area contributed by atoms with Gasteiger partial charge in [-0.05, 0) is 72.6 Å². The Labute approximate surface area is 156 Å². The minimum absolute atomic E-state index is 0.186. The van der Waals surface area contributed by atoms with Crippen LogP contribution in [0.15, 0.2) is 52.4 Å². The standard InChI is InChI=1S/C20H18N2O3S/c1-12-4-9-16(10-13(12)2)21-20-22-18(23)17(26-20)11-14-5-7-15(8-6-14)19(24)25-3/h4-11H,1-3H3,(H,21,22,23). The van der Waals surface area contributed by atoms with Crippen LogP contribution in [0.25, 0.3) is 6.08 Å². The monoisotopic (exact) mass is 366 g/mol. The average molecular weight is 366 g/mol. The Kier molecular flexibility index (Phi) is 5.23. The van der Waals surface area contributed by atoms with Crippen molar-refractivity contribution in [3.05, 3.63) is 69.6 Å². The third kappa shape index (κ3) is 4.03. The minimum Gasteiger partial charge on any atom is -0.465 e. The molecule has 3 rings (SSSR count). The number of amidine groups is 1. The largest absolute Gasteiger partial charge is 0.465 e. The van der Waals surface area contributed by atoms with Crippen LogP contribution in [0.4, 0.5) is 5.69 Å². The molecular weight excluding hydrogens is 348 g/mol. The first-order valence-electron chi connectivity index (χ1n) is 8.01. The second-order valence-electron chi connectivity index (χ2n) is 5.86. The van der Waals surface area contributed by atoms with Crippen molar-refractivity contribution in [2.24, 2.45) is 4.99 Å². The molecule has 1 aliphatic rings. The van der Waals surface area contributed by atoms with Crippen molar-refractivity contribution in [2.45, 2.75) is 13.8 Å². The number of carbonyl (C=O) groups is 2. The number of carbonyl (C=O) groups excluding carboxylic acids is 2. The number of nitrogens with zero attached hydrogens (tertiary/aromatic N) is 1. The lowest BCUT2D eigenvalue weighted by molar-refractivity contribution is -0.115. The van der Waals surface area contributed by atoms with Crippen molar-refractivity contribution in [3.8, 4) is 0 Å². The fourth-order valence-corrected chi connectivity index (χ4v) is 3.22. The van der Waals surface area contributed by atoms with Crippen LogP contribution >= 0.6 is 11.8 Å². The van der Waals surface area contributed by atoms with Gasteiger partial charge >= 0.3 is 5.97 Å². The van der Waals surface area contributed by atoms with E-state index in [9.17, 15) is 9.59 Å². The maximum absolute atomic E-state index is 12.2. The summed E-state index contributed by atoms with van der Waals surface area (Å²) in [4.78, 5) is 28.7. The molecular formula is C20H18N2O3S. The van der Waals surface area contributed by atoms with Crippen LogP contribution in [-0.4, -0.2) is 24.2 Å². The molecule has 132 valence electrons. The van der Waals surface area contributed by atoms with Crippen LogP contribution in [0.3, 0.4) is 0 Å². The predicted octanol–water partition coefficient (Wildman–Crippen LogP) is 3.98. The summed E-state index contributed by atoms with van der Waals surface area (Å²) in [7, 11) is 1.34. The summed E-state index contributed by atoms with van der Waals surface area (Å²) in [5.41, 5.74) is 4.45. The van der Waals surface area contributed by atoms with Crippen LogP contribution in [0.1, 0.15) is 27.0 Å². The Hall–Kier alpha value is -2.86. The van der Waals surface area contributed by atoms with E-state index in [2.05, 4.69) is 15.0 Å². The Morgan fingerprint density at radius 2 is 1.85 bits per heavy atom. The average Bonchev–Trinajstić information content (AvgIpc) is 2.97. The molecule has 0 saturated carbocycles. The zero-order valence-corrected chi connectivity index (χ0v) is 15.5. The molecule has 1 amide bonds. The molecule has 1 aliphatic heterocycles. The number of methoxy groups -OCH3 is 1. The summed E-state index contributed by atoms with van der Waals surface area (Å²) in [6.07, 6.45) is 1.77. The molecule has 6 heteroatoms. The van der Waals surface area contributed by atoms with E-state index in [1.165, 1.54) is 24.4 Å². The summed E-state index contributed by atoms with van der Waals surface area (Å²) in [5.74, 6) is -0.574. The molecule has 0 aromatic heterocycles. The van der Waals surface area contributed by atoms with Crippen molar-refractivity contribution < 1.29 is 14.3 Å². The Morgan fingerprint density at radius 3 is 2.50 bits per heavy atom. The third-order valence-corrected chi connectivity index (χ3v) is 4.91. The molecule has 0 spiro atoms. The fraction of sp³-hybridized carbons (Fsp3) is 0.150. The molecule has 1 fully saturated rings. The zero-order chi connectivity index (χ0) is 18.7. The summed E-state index contributed by atoms with van der Waals surface area (Å²) in [6, 6.07) is 12.8. The highest BCUT2D eigenvalue weighted by atomic mass is 32.2. The van der Waals surface area contributed by atoms with Crippen LogP contribution in [0.5, 0.6) is 0 Å². The van der Waals surface area contributed by atoms with Crippen LogP contribution in [-0.2, 0) is 9.53 Å². The first-order valence-corrected chi connectivity index (χ1v) is 8.83. The van der Waals surface area contributed by atoms with Gasteiger partial charge in [0.2, 0.25) is 0 Å². The number of ether oxygens (including phenoxy) is 1. The van der Waals surface area contributed by atoms with E-state index < -0.39 is 0 Å².